The highest BCUT2D eigenvalue weighted by molar-refractivity contribution is 8.02. The highest BCUT2D eigenvalue weighted by Crippen LogP contribution is 2.69. The minimum Gasteiger partial charge on any atom is -0.394 e. The minimum atomic E-state index is -0.847. The van der Waals surface area contributed by atoms with Crippen LogP contribution in [0.15, 0.2) is 54.6 Å². The summed E-state index contributed by atoms with van der Waals surface area (Å²) >= 11 is 7.95. The fourth-order valence-corrected chi connectivity index (χ4v) is 9.14. The summed E-state index contributed by atoms with van der Waals surface area (Å²) in [6, 6.07) is 14.8. The van der Waals surface area contributed by atoms with Gasteiger partial charge in [0, 0.05) is 10.9 Å². The van der Waals surface area contributed by atoms with Crippen LogP contribution >= 0.6 is 23.4 Å². The van der Waals surface area contributed by atoms with Gasteiger partial charge in [0.15, 0.2) is 0 Å². The third-order valence-corrected chi connectivity index (χ3v) is 10.6. The second-order valence-electron chi connectivity index (χ2n) is 10.6. The Kier molecular flexibility index (Phi) is 7.02. The first kappa shape index (κ1) is 26.1. The SMILES string of the molecule is CC(C)[C@H](CO)N1C(=O)[C@@H]2[C@@H](C(=O)Nc3ccccc3)[C@H]3CC(C)C2(S3)C1C(=O)Nc1ccccc1Cl. The van der Waals surface area contributed by atoms with Gasteiger partial charge >= 0.3 is 0 Å². The molecule has 3 saturated heterocycles. The van der Waals surface area contributed by atoms with Gasteiger partial charge in [-0.15, -0.1) is 11.8 Å². The van der Waals surface area contributed by atoms with Crippen molar-refractivity contribution in [2.24, 2.45) is 23.7 Å². The molecule has 37 heavy (non-hydrogen) atoms. The van der Waals surface area contributed by atoms with E-state index in [0.717, 1.165) is 6.42 Å². The molecule has 7 atom stereocenters. The Hall–Kier alpha value is -2.55. The molecule has 3 aliphatic heterocycles. The van der Waals surface area contributed by atoms with Crippen molar-refractivity contribution in [2.45, 2.75) is 49.3 Å². The topological polar surface area (TPSA) is 98.7 Å². The molecule has 3 fully saturated rings. The van der Waals surface area contributed by atoms with Gasteiger partial charge in [-0.25, -0.2) is 0 Å². The summed E-state index contributed by atoms with van der Waals surface area (Å²) in [5.41, 5.74) is 1.14. The van der Waals surface area contributed by atoms with Crippen molar-refractivity contribution in [2.75, 3.05) is 17.2 Å². The number of halogens is 1. The summed E-state index contributed by atoms with van der Waals surface area (Å²) in [7, 11) is 0. The average molecular weight is 542 g/mol. The first-order valence-corrected chi connectivity index (χ1v) is 14.0. The van der Waals surface area contributed by atoms with E-state index in [2.05, 4.69) is 17.6 Å². The Balaban J connectivity index is 1.56. The van der Waals surface area contributed by atoms with Crippen molar-refractivity contribution in [3.8, 4) is 0 Å². The molecule has 0 radical (unpaired) electrons. The molecule has 0 saturated carbocycles. The number of likely N-dealkylation sites (tertiary alicyclic amines) is 1. The molecule has 2 aromatic carbocycles. The largest absolute Gasteiger partial charge is 0.394 e. The molecule has 3 heterocycles. The van der Waals surface area contributed by atoms with Crippen LogP contribution < -0.4 is 10.6 Å². The van der Waals surface area contributed by atoms with Crippen LogP contribution in [-0.4, -0.2) is 56.4 Å². The second kappa shape index (κ2) is 9.97. The van der Waals surface area contributed by atoms with E-state index in [9.17, 15) is 19.5 Å². The molecule has 196 valence electrons. The number of nitrogens with zero attached hydrogens (tertiary/aromatic N) is 1. The summed E-state index contributed by atoms with van der Waals surface area (Å²) in [5.74, 6) is -2.07. The smallest absolute Gasteiger partial charge is 0.248 e. The normalized spacial score (nSPS) is 30.9. The molecule has 0 aliphatic carbocycles. The number of nitrogens with one attached hydrogen (secondary N) is 2. The first-order chi connectivity index (χ1) is 17.7. The third kappa shape index (κ3) is 4.14. The first-order valence-electron chi connectivity index (χ1n) is 12.7. The Morgan fingerprint density at radius 1 is 1.11 bits per heavy atom. The molecule has 3 amide bonds. The number of carbonyl (C=O) groups is 3. The lowest BCUT2D eigenvalue weighted by Crippen LogP contribution is -2.57. The summed E-state index contributed by atoms with van der Waals surface area (Å²) in [5, 5.41) is 16.6. The van der Waals surface area contributed by atoms with Crippen LogP contribution in [0.3, 0.4) is 0 Å². The maximum atomic E-state index is 14.2. The highest BCUT2D eigenvalue weighted by Gasteiger charge is 2.76. The average Bonchev–Trinajstić information content (AvgIpc) is 3.45. The Morgan fingerprint density at radius 3 is 2.43 bits per heavy atom. The van der Waals surface area contributed by atoms with Crippen LogP contribution in [0.25, 0.3) is 0 Å². The van der Waals surface area contributed by atoms with E-state index in [1.807, 2.05) is 44.2 Å². The fourth-order valence-electron chi connectivity index (χ4n) is 6.55. The van der Waals surface area contributed by atoms with Crippen LogP contribution in [0, 0.1) is 23.7 Å². The lowest BCUT2D eigenvalue weighted by Gasteiger charge is -2.40. The molecular weight excluding hydrogens is 510 g/mol. The third-order valence-electron chi connectivity index (χ3n) is 8.22. The number of amides is 3. The zero-order valence-corrected chi connectivity index (χ0v) is 22.6. The van der Waals surface area contributed by atoms with Crippen LogP contribution in [-0.2, 0) is 14.4 Å². The van der Waals surface area contributed by atoms with Gasteiger partial charge in [0.2, 0.25) is 17.7 Å². The van der Waals surface area contributed by atoms with Gasteiger partial charge in [-0.2, -0.15) is 0 Å². The number of anilines is 2. The zero-order valence-electron chi connectivity index (χ0n) is 21.1. The number of rotatable bonds is 7. The number of para-hydroxylation sites is 2. The predicted octanol–water partition coefficient (Wildman–Crippen LogP) is 4.27. The maximum Gasteiger partial charge on any atom is 0.248 e. The summed E-state index contributed by atoms with van der Waals surface area (Å²) in [4.78, 5) is 43.5. The summed E-state index contributed by atoms with van der Waals surface area (Å²) in [6.07, 6.45) is 0.733. The number of aliphatic hydroxyl groups is 1. The quantitative estimate of drug-likeness (QED) is 0.486. The van der Waals surface area contributed by atoms with Crippen molar-refractivity contribution >= 4 is 52.5 Å². The number of hydrogen-bond acceptors (Lipinski definition) is 5. The molecule has 1 spiro atoms. The lowest BCUT2D eigenvalue weighted by atomic mass is 9.66. The number of aliphatic hydroxyl groups excluding tert-OH is 1. The van der Waals surface area contributed by atoms with E-state index in [4.69, 9.17) is 11.6 Å². The maximum absolute atomic E-state index is 14.2. The van der Waals surface area contributed by atoms with Crippen molar-refractivity contribution in [1.29, 1.82) is 0 Å². The van der Waals surface area contributed by atoms with Gasteiger partial charge in [0.25, 0.3) is 0 Å². The fraction of sp³-hybridized carbons (Fsp3) is 0.464. The Bertz CT molecular complexity index is 1210. The van der Waals surface area contributed by atoms with E-state index in [1.165, 1.54) is 0 Å². The Morgan fingerprint density at radius 2 is 1.78 bits per heavy atom. The van der Waals surface area contributed by atoms with Crippen molar-refractivity contribution in [1.82, 2.24) is 4.90 Å². The van der Waals surface area contributed by atoms with E-state index >= 15 is 0 Å². The molecule has 9 heteroatoms. The standard InChI is InChI=1S/C28H32ClN3O4S/c1-15(2)20(14-33)32-24(26(35)31-19-12-8-7-11-18(19)29)28-16(3)13-21(37-28)22(23(28)27(32)36)25(34)30-17-9-5-4-6-10-17/h4-12,15-16,20-24,33H,13-14H2,1-3H3,(H,30,34)(H,31,35)/t16?,20-,21+,22-,23-,24?,28?/m0/s1. The number of fused-ring (bicyclic) bond motifs is 1. The van der Waals surface area contributed by atoms with Gasteiger partial charge in [-0.1, -0.05) is 62.7 Å². The van der Waals surface area contributed by atoms with Gasteiger partial charge in [0.05, 0.1) is 39.9 Å². The van der Waals surface area contributed by atoms with Crippen LogP contribution in [0.2, 0.25) is 5.02 Å². The second-order valence-corrected chi connectivity index (χ2v) is 12.6. The number of hydrogen-bond donors (Lipinski definition) is 3. The van der Waals surface area contributed by atoms with Gasteiger partial charge < -0.3 is 20.6 Å². The minimum absolute atomic E-state index is 0.0238. The monoisotopic (exact) mass is 541 g/mol. The van der Waals surface area contributed by atoms with E-state index < -0.39 is 28.7 Å². The van der Waals surface area contributed by atoms with Crippen molar-refractivity contribution in [3.05, 3.63) is 59.6 Å². The molecule has 3 N–H and O–H groups in total. The number of thioether (sulfide) groups is 1. The highest BCUT2D eigenvalue weighted by atomic mass is 35.5. The van der Waals surface area contributed by atoms with Crippen molar-refractivity contribution in [3.63, 3.8) is 0 Å². The zero-order chi connectivity index (χ0) is 26.5. The number of benzene rings is 2. The van der Waals surface area contributed by atoms with Gasteiger partial charge in [-0.05, 0) is 42.5 Å². The summed E-state index contributed by atoms with van der Waals surface area (Å²) < 4.78 is -0.784. The number of carbonyl (C=O) groups excluding carboxylic acids is 3. The van der Waals surface area contributed by atoms with E-state index in [1.54, 1.807) is 40.9 Å². The van der Waals surface area contributed by atoms with Crippen molar-refractivity contribution < 1.29 is 19.5 Å². The molecule has 0 aromatic heterocycles. The van der Waals surface area contributed by atoms with Crippen LogP contribution in [0.4, 0.5) is 11.4 Å². The van der Waals surface area contributed by atoms with Crippen LogP contribution in [0.5, 0.6) is 0 Å². The molecular formula is C28H32ClN3O4S. The molecule has 3 aliphatic rings. The Labute approximate surface area is 226 Å². The molecule has 3 unspecified atom stereocenters. The van der Waals surface area contributed by atoms with E-state index in [-0.39, 0.29) is 41.4 Å². The predicted molar refractivity (Wildman–Crippen MR) is 146 cm³/mol. The summed E-state index contributed by atoms with van der Waals surface area (Å²) in [6.45, 7) is 5.65. The molecule has 7 nitrogen and oxygen atoms in total. The lowest BCUT2D eigenvalue weighted by molar-refractivity contribution is -0.142. The van der Waals surface area contributed by atoms with Crippen LogP contribution in [0.1, 0.15) is 27.2 Å². The van der Waals surface area contributed by atoms with Gasteiger partial charge in [0.1, 0.15) is 6.04 Å². The molecule has 5 rings (SSSR count). The van der Waals surface area contributed by atoms with E-state index in [0.29, 0.717) is 16.4 Å². The molecule has 2 aromatic rings. The van der Waals surface area contributed by atoms with Gasteiger partial charge in [-0.3, -0.25) is 14.4 Å². The molecule has 2 bridgehead atoms.